The van der Waals surface area contributed by atoms with E-state index in [-0.39, 0.29) is 0 Å². The van der Waals surface area contributed by atoms with Gasteiger partial charge in [-0.1, -0.05) is 6.92 Å². The number of aryl methyl sites for hydroxylation is 2. The molecule has 4 nitrogen and oxygen atoms in total. The van der Waals surface area contributed by atoms with Crippen LogP contribution in [-0.4, -0.2) is 19.6 Å². The lowest BCUT2D eigenvalue weighted by Crippen LogP contribution is -1.98. The second kappa shape index (κ2) is 4.17. The molecule has 0 atom stereocenters. The first-order valence-corrected chi connectivity index (χ1v) is 6.29. The molecule has 0 amide bonds. The normalized spacial score (nSPS) is 11.2. The van der Waals surface area contributed by atoms with Gasteiger partial charge in [0.05, 0.1) is 5.69 Å². The molecule has 2 heterocycles. The molecule has 0 aliphatic heterocycles. The number of aromatic nitrogens is 4. The number of hydrogen-bond acceptors (Lipinski definition) is 3. The van der Waals surface area contributed by atoms with Crippen molar-refractivity contribution in [3.8, 4) is 0 Å². The average molecular weight is 334 g/mol. The largest absolute Gasteiger partial charge is 0.228 e. The van der Waals surface area contributed by atoms with Crippen molar-refractivity contribution in [2.45, 2.75) is 26.7 Å². The molecule has 0 unspecified atom stereocenters. The summed E-state index contributed by atoms with van der Waals surface area (Å²) in [6.07, 6.45) is 1.94. The third-order valence-electron chi connectivity index (χ3n) is 2.12. The van der Waals surface area contributed by atoms with Crippen LogP contribution in [0.5, 0.6) is 0 Å². The molecule has 80 valence electrons. The van der Waals surface area contributed by atoms with Gasteiger partial charge in [0.25, 0.3) is 0 Å². The lowest BCUT2D eigenvalue weighted by atomic mass is 10.3. The highest BCUT2D eigenvalue weighted by Crippen LogP contribution is 2.21. The quantitative estimate of drug-likeness (QED) is 0.848. The summed E-state index contributed by atoms with van der Waals surface area (Å²) in [7, 11) is 0. The molecular formula is C9H10Br2N4. The molecule has 0 N–H and O–H groups in total. The molecule has 0 radical (unpaired) electrons. The molecule has 6 heteroatoms. The van der Waals surface area contributed by atoms with E-state index in [0.717, 1.165) is 39.2 Å². The van der Waals surface area contributed by atoms with Gasteiger partial charge in [-0.2, -0.15) is 5.10 Å². The van der Waals surface area contributed by atoms with E-state index in [1.165, 1.54) is 0 Å². The third kappa shape index (κ3) is 1.92. The van der Waals surface area contributed by atoms with Crippen LogP contribution in [0.3, 0.4) is 0 Å². The van der Waals surface area contributed by atoms with Gasteiger partial charge in [0.2, 0.25) is 0 Å². The summed E-state index contributed by atoms with van der Waals surface area (Å²) in [5.41, 5.74) is 1.74. The molecule has 0 fully saturated rings. The fraction of sp³-hybridized carbons (Fsp3) is 0.444. The van der Waals surface area contributed by atoms with Crippen molar-refractivity contribution >= 4 is 37.5 Å². The Hall–Kier alpha value is -0.490. The predicted octanol–water partition coefficient (Wildman–Crippen LogP) is 2.91. The van der Waals surface area contributed by atoms with Crippen LogP contribution in [0.1, 0.15) is 24.9 Å². The fourth-order valence-electron chi connectivity index (χ4n) is 1.36. The van der Waals surface area contributed by atoms with Crippen LogP contribution in [0.2, 0.25) is 0 Å². The minimum atomic E-state index is 0.717. The molecule has 0 bridgehead atoms. The Bertz CT molecular complexity index is 506. The molecular weight excluding hydrogens is 324 g/mol. The monoisotopic (exact) mass is 332 g/mol. The topological polar surface area (TPSA) is 43.1 Å². The molecule has 0 aliphatic carbocycles. The summed E-state index contributed by atoms with van der Waals surface area (Å²) < 4.78 is 3.32. The summed E-state index contributed by atoms with van der Waals surface area (Å²) >= 11 is 6.77. The van der Waals surface area contributed by atoms with E-state index in [0.29, 0.717) is 0 Å². The van der Waals surface area contributed by atoms with Crippen molar-refractivity contribution in [3.05, 3.63) is 20.7 Å². The van der Waals surface area contributed by atoms with E-state index in [1.54, 1.807) is 0 Å². The van der Waals surface area contributed by atoms with Crippen molar-refractivity contribution in [1.29, 1.82) is 0 Å². The van der Waals surface area contributed by atoms with Crippen molar-refractivity contribution in [3.63, 3.8) is 0 Å². The standard InChI is InChI=1S/C9H10Br2N4/c1-3-4-6-12-9-8(11)13-7(10)5(2)15(9)14-6/h3-4H2,1-2H3. The summed E-state index contributed by atoms with van der Waals surface area (Å²) in [6.45, 7) is 4.07. The van der Waals surface area contributed by atoms with E-state index in [1.807, 2.05) is 11.4 Å². The molecule has 0 aromatic carbocycles. The summed E-state index contributed by atoms with van der Waals surface area (Å²) in [4.78, 5) is 8.71. The summed E-state index contributed by atoms with van der Waals surface area (Å²) in [5.74, 6) is 0.862. The minimum absolute atomic E-state index is 0.717. The first kappa shape index (κ1) is 11.0. The van der Waals surface area contributed by atoms with Crippen LogP contribution < -0.4 is 0 Å². The van der Waals surface area contributed by atoms with Crippen molar-refractivity contribution < 1.29 is 0 Å². The van der Waals surface area contributed by atoms with Gasteiger partial charge in [-0.25, -0.2) is 14.5 Å². The summed E-state index contributed by atoms with van der Waals surface area (Å²) in [5, 5.41) is 4.43. The third-order valence-corrected chi connectivity index (χ3v) is 3.40. The fourth-order valence-corrected chi connectivity index (χ4v) is 2.37. The van der Waals surface area contributed by atoms with Crippen LogP contribution in [0.15, 0.2) is 9.21 Å². The van der Waals surface area contributed by atoms with Gasteiger partial charge in [-0.05, 0) is 45.2 Å². The van der Waals surface area contributed by atoms with Crippen molar-refractivity contribution in [2.75, 3.05) is 0 Å². The van der Waals surface area contributed by atoms with E-state index < -0.39 is 0 Å². The summed E-state index contributed by atoms with van der Waals surface area (Å²) in [6, 6.07) is 0. The molecule has 0 saturated carbocycles. The van der Waals surface area contributed by atoms with Gasteiger partial charge in [0, 0.05) is 6.42 Å². The van der Waals surface area contributed by atoms with Gasteiger partial charge >= 0.3 is 0 Å². The van der Waals surface area contributed by atoms with Gasteiger partial charge in [0.15, 0.2) is 16.1 Å². The highest BCUT2D eigenvalue weighted by molar-refractivity contribution is 9.11. The second-order valence-corrected chi connectivity index (χ2v) is 4.79. The zero-order valence-corrected chi connectivity index (χ0v) is 11.6. The van der Waals surface area contributed by atoms with Gasteiger partial charge in [-0.15, -0.1) is 0 Å². The molecule has 0 spiro atoms. The molecule has 0 saturated heterocycles. The Morgan fingerprint density at radius 1 is 1.20 bits per heavy atom. The highest BCUT2D eigenvalue weighted by Gasteiger charge is 2.12. The van der Waals surface area contributed by atoms with Crippen molar-refractivity contribution in [1.82, 2.24) is 19.6 Å². The zero-order chi connectivity index (χ0) is 11.0. The Morgan fingerprint density at radius 2 is 1.93 bits per heavy atom. The first-order chi connectivity index (χ1) is 7.13. The number of hydrogen-bond donors (Lipinski definition) is 0. The smallest absolute Gasteiger partial charge is 0.188 e. The number of rotatable bonds is 2. The van der Waals surface area contributed by atoms with Gasteiger partial charge in [-0.3, -0.25) is 0 Å². The Kier molecular flexibility index (Phi) is 3.06. The van der Waals surface area contributed by atoms with Crippen LogP contribution in [0.4, 0.5) is 0 Å². The Labute approximate surface area is 104 Å². The minimum Gasteiger partial charge on any atom is -0.228 e. The number of halogens is 2. The Balaban J connectivity index is 2.68. The Morgan fingerprint density at radius 3 is 2.60 bits per heavy atom. The number of fused-ring (bicyclic) bond motifs is 1. The van der Waals surface area contributed by atoms with Crippen LogP contribution in [0, 0.1) is 6.92 Å². The lowest BCUT2D eigenvalue weighted by Gasteiger charge is -2.00. The lowest BCUT2D eigenvalue weighted by molar-refractivity contribution is 0.801. The molecule has 15 heavy (non-hydrogen) atoms. The van der Waals surface area contributed by atoms with Crippen LogP contribution in [0.25, 0.3) is 5.65 Å². The zero-order valence-electron chi connectivity index (χ0n) is 8.46. The molecule has 2 aromatic rings. The predicted molar refractivity (Wildman–Crippen MR) is 64.9 cm³/mol. The molecule has 0 aliphatic rings. The van der Waals surface area contributed by atoms with Crippen molar-refractivity contribution in [2.24, 2.45) is 0 Å². The maximum Gasteiger partial charge on any atom is 0.188 e. The first-order valence-electron chi connectivity index (χ1n) is 4.70. The molecule has 2 rings (SSSR count). The maximum absolute atomic E-state index is 4.43. The van der Waals surface area contributed by atoms with Crippen LogP contribution in [-0.2, 0) is 6.42 Å². The SMILES string of the molecule is CCCc1nc2c(Br)nc(Br)c(C)n2n1. The number of nitrogens with zero attached hydrogens (tertiary/aromatic N) is 4. The van der Waals surface area contributed by atoms with E-state index in [9.17, 15) is 0 Å². The van der Waals surface area contributed by atoms with Crippen LogP contribution >= 0.6 is 31.9 Å². The maximum atomic E-state index is 4.43. The van der Waals surface area contributed by atoms with Gasteiger partial charge in [0.1, 0.15) is 4.60 Å². The van der Waals surface area contributed by atoms with Gasteiger partial charge < -0.3 is 0 Å². The van der Waals surface area contributed by atoms with E-state index >= 15 is 0 Å². The van der Waals surface area contributed by atoms with E-state index in [2.05, 4.69) is 53.9 Å². The highest BCUT2D eigenvalue weighted by atomic mass is 79.9. The van der Waals surface area contributed by atoms with E-state index in [4.69, 9.17) is 0 Å². The average Bonchev–Trinajstić information content (AvgIpc) is 2.60. The molecule has 2 aromatic heterocycles. The second-order valence-electron chi connectivity index (χ2n) is 3.29.